The van der Waals surface area contributed by atoms with Gasteiger partial charge >= 0.3 is 6.36 Å². The van der Waals surface area contributed by atoms with Crippen molar-refractivity contribution in [2.24, 2.45) is 0 Å². The lowest BCUT2D eigenvalue weighted by Crippen LogP contribution is -2.27. The molecule has 28 heavy (non-hydrogen) atoms. The monoisotopic (exact) mass is 393 g/mol. The van der Waals surface area contributed by atoms with Crippen LogP contribution in [0.4, 0.5) is 13.2 Å². The normalized spacial score (nSPS) is 15.1. The summed E-state index contributed by atoms with van der Waals surface area (Å²) in [6, 6.07) is 10.5. The van der Waals surface area contributed by atoms with Gasteiger partial charge in [-0.2, -0.15) is 0 Å². The van der Waals surface area contributed by atoms with E-state index in [2.05, 4.69) is 4.74 Å². The fourth-order valence-electron chi connectivity index (χ4n) is 3.19. The zero-order valence-electron chi connectivity index (χ0n) is 14.8. The fourth-order valence-corrected chi connectivity index (χ4v) is 3.19. The molecule has 1 aliphatic rings. The summed E-state index contributed by atoms with van der Waals surface area (Å²) in [6.07, 6.45) is -4.50. The Hall–Kier alpha value is -2.71. The predicted octanol–water partition coefficient (Wildman–Crippen LogP) is 2.89. The first-order valence-corrected chi connectivity index (χ1v) is 8.58. The first-order valence-electron chi connectivity index (χ1n) is 8.58. The molecular weight excluding hydrogens is 375 g/mol. The molecule has 0 bridgehead atoms. The topological polar surface area (TPSA) is 66.8 Å². The van der Waals surface area contributed by atoms with Gasteiger partial charge in [0.15, 0.2) is 11.6 Å². The van der Waals surface area contributed by atoms with Gasteiger partial charge < -0.3 is 9.84 Å². The summed E-state index contributed by atoms with van der Waals surface area (Å²) in [7, 11) is 0. The molecule has 5 nitrogen and oxygen atoms in total. The number of hydrogen-bond acceptors (Lipinski definition) is 5. The van der Waals surface area contributed by atoms with Crippen LogP contribution in [-0.4, -0.2) is 41.1 Å². The van der Waals surface area contributed by atoms with Crippen LogP contribution in [0.25, 0.3) is 0 Å². The van der Waals surface area contributed by atoms with Crippen LogP contribution in [0.2, 0.25) is 0 Å². The van der Waals surface area contributed by atoms with Gasteiger partial charge in [-0.05, 0) is 34.9 Å². The predicted molar refractivity (Wildman–Crippen MR) is 93.8 cm³/mol. The highest BCUT2D eigenvalue weighted by Crippen LogP contribution is 2.24. The number of ether oxygens (including phenoxy) is 1. The number of aliphatic hydroxyl groups excluding tert-OH is 1. The van der Waals surface area contributed by atoms with Crippen LogP contribution in [0.5, 0.6) is 5.75 Å². The Morgan fingerprint density at radius 3 is 2.43 bits per heavy atom. The van der Waals surface area contributed by atoms with Crippen LogP contribution in [0, 0.1) is 0 Å². The number of Topliss-reactive ketones (excluding diaryl/α,β-unsaturated/α-hetero) is 2. The van der Waals surface area contributed by atoms with E-state index in [1.54, 1.807) is 18.2 Å². The maximum atomic E-state index is 12.3. The number of benzene rings is 2. The van der Waals surface area contributed by atoms with Crippen molar-refractivity contribution in [2.45, 2.75) is 25.9 Å². The second kappa shape index (κ2) is 8.12. The number of carbonyl (C=O) groups is 2. The third kappa shape index (κ3) is 5.17. The Labute approximate surface area is 159 Å². The number of ketones is 2. The van der Waals surface area contributed by atoms with Gasteiger partial charge in [0.05, 0.1) is 6.54 Å². The molecule has 2 aromatic carbocycles. The van der Waals surface area contributed by atoms with Crippen LogP contribution in [0.15, 0.2) is 42.5 Å². The van der Waals surface area contributed by atoms with E-state index in [0.717, 1.165) is 16.7 Å². The molecule has 0 radical (unpaired) electrons. The van der Waals surface area contributed by atoms with Crippen molar-refractivity contribution in [1.29, 1.82) is 0 Å². The molecule has 0 atom stereocenters. The third-order valence-corrected chi connectivity index (χ3v) is 4.42. The Kier molecular flexibility index (Phi) is 5.81. The van der Waals surface area contributed by atoms with E-state index in [-0.39, 0.29) is 24.5 Å². The molecule has 2 aromatic rings. The number of nitrogens with zero attached hydrogens (tertiary/aromatic N) is 1. The van der Waals surface area contributed by atoms with E-state index < -0.39 is 18.8 Å². The molecule has 0 saturated carbocycles. The lowest BCUT2D eigenvalue weighted by atomic mass is 9.99. The lowest BCUT2D eigenvalue weighted by Gasteiger charge is -2.20. The number of aliphatic hydroxyl groups is 1. The minimum absolute atomic E-state index is 0.0111. The number of halogens is 3. The van der Waals surface area contributed by atoms with E-state index in [0.29, 0.717) is 18.7 Å². The Bertz CT molecular complexity index is 878. The van der Waals surface area contributed by atoms with Crippen molar-refractivity contribution in [3.8, 4) is 5.75 Å². The van der Waals surface area contributed by atoms with Gasteiger partial charge in [-0.15, -0.1) is 13.2 Å². The van der Waals surface area contributed by atoms with Crippen molar-refractivity contribution >= 4 is 11.6 Å². The quantitative estimate of drug-likeness (QED) is 0.792. The molecule has 0 aromatic heterocycles. The minimum Gasteiger partial charge on any atom is -0.406 e. The molecule has 0 amide bonds. The minimum atomic E-state index is -4.74. The van der Waals surface area contributed by atoms with Gasteiger partial charge in [0.2, 0.25) is 0 Å². The van der Waals surface area contributed by atoms with Gasteiger partial charge in [-0.3, -0.25) is 14.5 Å². The maximum absolute atomic E-state index is 12.3. The van der Waals surface area contributed by atoms with Crippen LogP contribution in [0.1, 0.15) is 27.0 Å². The standard InChI is InChI=1S/C20H18F3NO4/c21-20(22,23)28-18-5-1-13(2-6-18)9-24-10-16-7-15(19(27)12-25)4-3-14(16)8-17(26)11-24/h1-7,25H,8-12H2. The molecule has 0 saturated heterocycles. The molecule has 1 aliphatic heterocycles. The van der Waals surface area contributed by atoms with Gasteiger partial charge in [0.25, 0.3) is 0 Å². The van der Waals surface area contributed by atoms with Gasteiger partial charge in [-0.25, -0.2) is 0 Å². The summed E-state index contributed by atoms with van der Waals surface area (Å²) >= 11 is 0. The van der Waals surface area contributed by atoms with Gasteiger partial charge in [0.1, 0.15) is 12.4 Å². The molecule has 148 valence electrons. The molecule has 3 rings (SSSR count). The van der Waals surface area contributed by atoms with Crippen molar-refractivity contribution in [3.05, 3.63) is 64.7 Å². The summed E-state index contributed by atoms with van der Waals surface area (Å²) in [5, 5.41) is 9.04. The Morgan fingerprint density at radius 1 is 1.07 bits per heavy atom. The molecule has 0 fully saturated rings. The second-order valence-electron chi connectivity index (χ2n) is 6.62. The lowest BCUT2D eigenvalue weighted by molar-refractivity contribution is -0.274. The first-order chi connectivity index (χ1) is 13.2. The van der Waals surface area contributed by atoms with E-state index in [1.165, 1.54) is 24.3 Å². The Balaban J connectivity index is 1.76. The largest absolute Gasteiger partial charge is 0.573 e. The van der Waals surface area contributed by atoms with Gasteiger partial charge in [-0.1, -0.05) is 24.3 Å². The van der Waals surface area contributed by atoms with E-state index >= 15 is 0 Å². The number of alkyl halides is 3. The number of fused-ring (bicyclic) bond motifs is 1. The summed E-state index contributed by atoms with van der Waals surface area (Å²) in [5.41, 5.74) is 2.76. The van der Waals surface area contributed by atoms with E-state index in [1.807, 2.05) is 4.90 Å². The van der Waals surface area contributed by atoms with Gasteiger partial charge in [0, 0.05) is 25.1 Å². The Morgan fingerprint density at radius 2 is 1.79 bits per heavy atom. The van der Waals surface area contributed by atoms with Crippen LogP contribution < -0.4 is 4.74 Å². The average molecular weight is 393 g/mol. The SMILES string of the molecule is O=C1Cc2ccc(C(=O)CO)cc2CN(Cc2ccc(OC(F)(F)F)cc2)C1. The highest BCUT2D eigenvalue weighted by Gasteiger charge is 2.31. The summed E-state index contributed by atoms with van der Waals surface area (Å²) in [4.78, 5) is 25.8. The van der Waals surface area contributed by atoms with Crippen molar-refractivity contribution in [1.82, 2.24) is 4.90 Å². The smallest absolute Gasteiger partial charge is 0.406 e. The number of rotatable bonds is 5. The number of carbonyl (C=O) groups excluding carboxylic acids is 2. The van der Waals surface area contributed by atoms with E-state index in [4.69, 9.17) is 5.11 Å². The fraction of sp³-hybridized carbons (Fsp3) is 0.300. The van der Waals surface area contributed by atoms with E-state index in [9.17, 15) is 22.8 Å². The first kappa shape index (κ1) is 20.0. The van der Waals surface area contributed by atoms with Crippen LogP contribution >= 0.6 is 0 Å². The zero-order valence-corrected chi connectivity index (χ0v) is 14.8. The number of hydrogen-bond donors (Lipinski definition) is 1. The van der Waals surface area contributed by atoms with Crippen molar-refractivity contribution in [3.63, 3.8) is 0 Å². The molecule has 1 N–H and O–H groups in total. The maximum Gasteiger partial charge on any atom is 0.573 e. The highest BCUT2D eigenvalue weighted by molar-refractivity contribution is 5.97. The molecular formula is C20H18F3NO4. The molecule has 8 heteroatoms. The molecule has 0 spiro atoms. The second-order valence-corrected chi connectivity index (χ2v) is 6.62. The van der Waals surface area contributed by atoms with Crippen molar-refractivity contribution in [2.75, 3.05) is 13.2 Å². The summed E-state index contributed by atoms with van der Waals surface area (Å²) in [6.45, 7) is 0.372. The molecule has 1 heterocycles. The van der Waals surface area contributed by atoms with Crippen LogP contribution in [-0.2, 0) is 24.3 Å². The average Bonchev–Trinajstić information content (AvgIpc) is 2.78. The molecule has 0 unspecified atom stereocenters. The summed E-state index contributed by atoms with van der Waals surface area (Å²) in [5.74, 6) is -0.692. The highest BCUT2D eigenvalue weighted by atomic mass is 19.4. The molecule has 0 aliphatic carbocycles. The van der Waals surface area contributed by atoms with Crippen LogP contribution in [0.3, 0.4) is 0 Å². The summed E-state index contributed by atoms with van der Waals surface area (Å²) < 4.78 is 40.6. The third-order valence-electron chi connectivity index (χ3n) is 4.42. The van der Waals surface area contributed by atoms with Crippen molar-refractivity contribution < 1.29 is 32.6 Å². The zero-order chi connectivity index (χ0) is 20.3.